The third-order valence-electron chi connectivity index (χ3n) is 5.37. The number of H-pyrrole nitrogens is 1. The van der Waals surface area contributed by atoms with Gasteiger partial charge in [0.25, 0.3) is 11.5 Å². The number of carbonyl (C=O) groups excluding carboxylic acids is 1. The van der Waals surface area contributed by atoms with Crippen molar-refractivity contribution in [3.63, 3.8) is 0 Å². The zero-order valence-electron chi connectivity index (χ0n) is 17.3. The van der Waals surface area contributed by atoms with Crippen molar-refractivity contribution in [2.45, 2.75) is 13.1 Å². The summed E-state index contributed by atoms with van der Waals surface area (Å²) >= 11 is 11.4. The lowest BCUT2D eigenvalue weighted by Gasteiger charge is -2.10. The third kappa shape index (κ3) is 4.35. The number of aromatic amines is 1. The molecule has 0 bridgehead atoms. The molecule has 0 unspecified atom stereocenters. The van der Waals surface area contributed by atoms with Crippen LogP contribution in [0.15, 0.2) is 65.5 Å². The van der Waals surface area contributed by atoms with Crippen molar-refractivity contribution < 1.29 is 14.3 Å². The van der Waals surface area contributed by atoms with Crippen molar-refractivity contribution in [3.05, 3.63) is 97.5 Å². The molecule has 1 amide bonds. The molecule has 0 fully saturated rings. The lowest BCUT2D eigenvalue weighted by Crippen LogP contribution is -2.23. The van der Waals surface area contributed by atoms with Gasteiger partial charge in [-0.3, -0.25) is 14.2 Å². The number of benzene rings is 3. The van der Waals surface area contributed by atoms with E-state index in [1.165, 1.54) is 4.57 Å². The molecule has 1 aromatic heterocycles. The molecule has 0 atom stereocenters. The number of nitrogens with one attached hydrogen (secondary N) is 2. The smallest absolute Gasteiger partial charge is 0.262 e. The molecule has 0 spiro atoms. The Bertz CT molecular complexity index is 1490. The number of nitrogens with zero attached hydrogens (tertiary/aromatic N) is 1. The molecule has 166 valence electrons. The van der Waals surface area contributed by atoms with E-state index in [0.717, 1.165) is 11.1 Å². The number of fused-ring (bicyclic) bond motifs is 2. The Morgan fingerprint density at radius 2 is 1.82 bits per heavy atom. The van der Waals surface area contributed by atoms with E-state index in [0.29, 0.717) is 44.3 Å². The Kier molecular flexibility index (Phi) is 5.62. The van der Waals surface area contributed by atoms with Crippen LogP contribution in [0.5, 0.6) is 11.5 Å². The van der Waals surface area contributed by atoms with Crippen molar-refractivity contribution in [2.24, 2.45) is 0 Å². The lowest BCUT2D eigenvalue weighted by molar-refractivity contribution is 0.0951. The van der Waals surface area contributed by atoms with Crippen molar-refractivity contribution in [1.29, 1.82) is 0 Å². The topological polar surface area (TPSA) is 85.4 Å². The van der Waals surface area contributed by atoms with Gasteiger partial charge in [0.1, 0.15) is 0 Å². The molecular formula is C24H18ClN3O4S. The second-order valence-electron chi connectivity index (χ2n) is 7.58. The van der Waals surface area contributed by atoms with Crippen LogP contribution in [0.2, 0.25) is 5.02 Å². The summed E-state index contributed by atoms with van der Waals surface area (Å²) < 4.78 is 12.5. The van der Waals surface area contributed by atoms with Gasteiger partial charge in [0.15, 0.2) is 16.3 Å². The minimum atomic E-state index is -0.226. The Morgan fingerprint density at radius 1 is 1.06 bits per heavy atom. The fourth-order valence-corrected chi connectivity index (χ4v) is 4.13. The van der Waals surface area contributed by atoms with Gasteiger partial charge < -0.3 is 19.8 Å². The normalized spacial score (nSPS) is 12.2. The summed E-state index contributed by atoms with van der Waals surface area (Å²) in [6.07, 6.45) is 0. The van der Waals surface area contributed by atoms with Gasteiger partial charge in [-0.05, 0) is 53.7 Å². The number of aromatic nitrogens is 2. The predicted octanol–water partition coefficient (Wildman–Crippen LogP) is 4.42. The molecule has 33 heavy (non-hydrogen) atoms. The molecule has 1 aliphatic heterocycles. The zero-order chi connectivity index (χ0) is 22.9. The summed E-state index contributed by atoms with van der Waals surface area (Å²) in [4.78, 5) is 28.6. The quantitative estimate of drug-likeness (QED) is 0.414. The van der Waals surface area contributed by atoms with Crippen LogP contribution in [-0.4, -0.2) is 22.3 Å². The van der Waals surface area contributed by atoms with Crippen LogP contribution in [0, 0.1) is 4.77 Å². The number of rotatable bonds is 5. The van der Waals surface area contributed by atoms with Gasteiger partial charge in [-0.25, -0.2) is 0 Å². The summed E-state index contributed by atoms with van der Waals surface area (Å²) in [6, 6.07) is 17.8. The molecule has 9 heteroatoms. The molecule has 2 heterocycles. The van der Waals surface area contributed by atoms with Gasteiger partial charge in [0.05, 0.1) is 17.4 Å². The van der Waals surface area contributed by atoms with E-state index in [1.54, 1.807) is 42.5 Å². The van der Waals surface area contributed by atoms with E-state index in [4.69, 9.17) is 33.3 Å². The zero-order valence-corrected chi connectivity index (χ0v) is 18.8. The van der Waals surface area contributed by atoms with Crippen LogP contribution in [0.25, 0.3) is 10.9 Å². The first-order valence-corrected chi connectivity index (χ1v) is 10.9. The molecule has 4 aromatic rings. The summed E-state index contributed by atoms with van der Waals surface area (Å²) in [5.41, 5.74) is 2.64. The predicted molar refractivity (Wildman–Crippen MR) is 128 cm³/mol. The van der Waals surface area contributed by atoms with Gasteiger partial charge in [-0.15, -0.1) is 0 Å². The average molecular weight is 480 g/mol. The number of hydrogen-bond acceptors (Lipinski definition) is 5. The Balaban J connectivity index is 1.34. The van der Waals surface area contributed by atoms with Gasteiger partial charge >= 0.3 is 0 Å². The molecule has 7 nitrogen and oxygen atoms in total. The first-order valence-electron chi connectivity index (χ1n) is 10.2. The minimum absolute atomic E-state index is 0.125. The number of amides is 1. The average Bonchev–Trinajstić information content (AvgIpc) is 3.27. The van der Waals surface area contributed by atoms with Crippen molar-refractivity contribution in [2.75, 3.05) is 6.79 Å². The van der Waals surface area contributed by atoms with E-state index >= 15 is 0 Å². The summed E-state index contributed by atoms with van der Waals surface area (Å²) in [5, 5.41) is 3.96. The van der Waals surface area contributed by atoms with Crippen molar-refractivity contribution in [3.8, 4) is 11.5 Å². The molecule has 0 radical (unpaired) electrons. The van der Waals surface area contributed by atoms with Crippen LogP contribution in [0.4, 0.5) is 0 Å². The summed E-state index contributed by atoms with van der Waals surface area (Å²) in [5.74, 6) is 0.914. The monoisotopic (exact) mass is 479 g/mol. The molecule has 0 aliphatic carbocycles. The van der Waals surface area contributed by atoms with Crippen molar-refractivity contribution >= 4 is 40.6 Å². The molecule has 3 aromatic carbocycles. The lowest BCUT2D eigenvalue weighted by atomic mass is 10.1. The summed E-state index contributed by atoms with van der Waals surface area (Å²) in [6.45, 7) is 0.768. The molecule has 1 aliphatic rings. The minimum Gasteiger partial charge on any atom is -0.454 e. The molecular weight excluding hydrogens is 462 g/mol. The highest BCUT2D eigenvalue weighted by Gasteiger charge is 2.17. The number of ether oxygens (including phenoxy) is 2. The molecule has 0 saturated carbocycles. The van der Waals surface area contributed by atoms with E-state index in [1.807, 2.05) is 18.2 Å². The highest BCUT2D eigenvalue weighted by Crippen LogP contribution is 2.34. The van der Waals surface area contributed by atoms with Gasteiger partial charge in [-0.1, -0.05) is 35.9 Å². The Labute approximate surface area is 198 Å². The van der Waals surface area contributed by atoms with Gasteiger partial charge in [-0.2, -0.15) is 0 Å². The van der Waals surface area contributed by atoms with Crippen LogP contribution >= 0.6 is 23.8 Å². The standard InChI is InChI=1S/C24H18ClN3O4S/c25-17-3-1-2-15(8-17)11-26-22(29)16-6-4-14(5-7-16)12-28-23(30)18-9-20-21(32-13-31-20)10-19(18)27-24(28)33/h1-10H,11-13H2,(H,26,29)(H,27,33). The second kappa shape index (κ2) is 8.73. The van der Waals surface area contributed by atoms with Gasteiger partial charge in [0, 0.05) is 23.2 Å². The number of carbonyl (C=O) groups is 1. The highest BCUT2D eigenvalue weighted by atomic mass is 35.5. The van der Waals surface area contributed by atoms with Crippen LogP contribution < -0.4 is 20.3 Å². The van der Waals surface area contributed by atoms with Crippen LogP contribution in [-0.2, 0) is 13.1 Å². The number of hydrogen-bond donors (Lipinski definition) is 2. The maximum absolute atomic E-state index is 13.1. The molecule has 0 saturated heterocycles. The first kappa shape index (κ1) is 21.2. The largest absolute Gasteiger partial charge is 0.454 e. The molecule has 5 rings (SSSR count). The maximum Gasteiger partial charge on any atom is 0.262 e. The fourth-order valence-electron chi connectivity index (χ4n) is 3.66. The summed E-state index contributed by atoms with van der Waals surface area (Å²) in [7, 11) is 0. The number of halogens is 1. The maximum atomic E-state index is 13.1. The Hall–Kier alpha value is -3.62. The SMILES string of the molecule is O=C(NCc1cccc(Cl)c1)c1ccc(Cn2c(=S)[nH]c3cc4c(cc3c2=O)OCO4)cc1. The molecule has 2 N–H and O–H groups in total. The highest BCUT2D eigenvalue weighted by molar-refractivity contribution is 7.71. The Morgan fingerprint density at radius 3 is 2.58 bits per heavy atom. The first-order chi connectivity index (χ1) is 16.0. The van der Waals surface area contributed by atoms with Gasteiger partial charge in [0.2, 0.25) is 6.79 Å². The van der Waals surface area contributed by atoms with E-state index in [9.17, 15) is 9.59 Å². The van der Waals surface area contributed by atoms with E-state index in [2.05, 4.69) is 10.3 Å². The van der Waals surface area contributed by atoms with Crippen molar-refractivity contribution in [1.82, 2.24) is 14.9 Å². The fraction of sp³-hybridized carbons (Fsp3) is 0.125. The third-order valence-corrected chi connectivity index (χ3v) is 5.93. The van der Waals surface area contributed by atoms with Crippen LogP contribution in [0.1, 0.15) is 21.5 Å². The van der Waals surface area contributed by atoms with E-state index < -0.39 is 0 Å². The van der Waals surface area contributed by atoms with Crippen LogP contribution in [0.3, 0.4) is 0 Å². The second-order valence-corrected chi connectivity index (χ2v) is 8.41. The van der Waals surface area contributed by atoms with E-state index in [-0.39, 0.29) is 24.8 Å².